The van der Waals surface area contributed by atoms with Gasteiger partial charge in [-0.05, 0) is 27.6 Å². The van der Waals surface area contributed by atoms with Gasteiger partial charge in [-0.2, -0.15) is 13.2 Å². The topological polar surface area (TPSA) is 113 Å². The number of hydrazine groups is 1. The van der Waals surface area contributed by atoms with Crippen LogP contribution in [0.2, 0.25) is 0 Å². The lowest BCUT2D eigenvalue weighted by atomic mass is 9.96. The summed E-state index contributed by atoms with van der Waals surface area (Å²) in [5, 5.41) is 2.41. The number of halogens is 4. The lowest BCUT2D eigenvalue weighted by Crippen LogP contribution is -2.51. The van der Waals surface area contributed by atoms with Gasteiger partial charge in [0.15, 0.2) is 11.9 Å². The van der Waals surface area contributed by atoms with Crippen LogP contribution < -0.4 is 16.2 Å². The number of nitrogens with one attached hydrogen (secondary N) is 3. The lowest BCUT2D eigenvalue weighted by molar-refractivity contribution is -0.137. The first-order valence-corrected chi connectivity index (χ1v) is 11.3. The van der Waals surface area contributed by atoms with Crippen LogP contribution in [0.15, 0.2) is 76.3 Å². The zero-order chi connectivity index (χ0) is 25.9. The van der Waals surface area contributed by atoms with Crippen LogP contribution in [0.1, 0.15) is 32.7 Å². The highest BCUT2D eigenvalue weighted by molar-refractivity contribution is 9.10. The fourth-order valence-corrected chi connectivity index (χ4v) is 4.02. The van der Waals surface area contributed by atoms with E-state index in [4.69, 9.17) is 0 Å². The molecule has 0 aliphatic carbocycles. The minimum absolute atomic E-state index is 0.0235. The second-order valence-corrected chi connectivity index (χ2v) is 8.51. The van der Waals surface area contributed by atoms with E-state index >= 15 is 0 Å². The number of nitrogens with zero attached hydrogens (tertiary/aromatic N) is 2. The first-order chi connectivity index (χ1) is 17.1. The van der Waals surface area contributed by atoms with Crippen molar-refractivity contribution in [2.75, 3.05) is 0 Å². The van der Waals surface area contributed by atoms with E-state index in [1.54, 1.807) is 6.07 Å². The maximum absolute atomic E-state index is 12.9. The predicted octanol–water partition coefficient (Wildman–Crippen LogP) is 3.80. The molecule has 2 heterocycles. The highest BCUT2D eigenvalue weighted by Crippen LogP contribution is 2.31. The Hall–Kier alpha value is -4.06. The smallest absolute Gasteiger partial charge is 0.308 e. The number of Topliss-reactive ketones (excluding diaryl/α,β-unsaturated/α-hetero) is 1. The zero-order valence-electron chi connectivity index (χ0n) is 18.3. The van der Waals surface area contributed by atoms with E-state index in [2.05, 4.69) is 36.6 Å². The van der Waals surface area contributed by atoms with E-state index in [9.17, 15) is 27.6 Å². The molecule has 36 heavy (non-hydrogen) atoms. The maximum atomic E-state index is 12.9. The summed E-state index contributed by atoms with van der Waals surface area (Å²) < 4.78 is 38.2. The summed E-state index contributed by atoms with van der Waals surface area (Å²) in [7, 11) is 0. The Labute approximate surface area is 211 Å². The second kappa shape index (κ2) is 10.3. The fourth-order valence-electron chi connectivity index (χ4n) is 3.49. The normalized spacial score (nSPS) is 15.3. The number of ketones is 1. The Kier molecular flexibility index (Phi) is 7.15. The molecule has 184 valence electrons. The van der Waals surface area contributed by atoms with Gasteiger partial charge in [-0.1, -0.05) is 54.6 Å². The van der Waals surface area contributed by atoms with E-state index in [1.807, 2.05) is 54.0 Å². The molecule has 1 atom stereocenters. The molecule has 3 aromatic rings. The summed E-state index contributed by atoms with van der Waals surface area (Å²) in [6.45, 7) is 0. The molecule has 0 spiro atoms. The van der Waals surface area contributed by atoms with Crippen molar-refractivity contribution in [3.63, 3.8) is 0 Å². The third-order valence-electron chi connectivity index (χ3n) is 5.19. The average molecular weight is 560 g/mol. The van der Waals surface area contributed by atoms with Gasteiger partial charge in [-0.25, -0.2) is 15.2 Å². The Morgan fingerprint density at radius 3 is 2.39 bits per heavy atom. The standard InChI is InChI=1S/C24H17BrF3N5O3/c25-17-11-15(24(26,27)28)12-29-20(17)22(35)32-33-23(36)31-21-18(34)10-14-8-4-5-9-16(14)19(30-21)13-6-2-1-3-7-13/h1-9,11-12,21H,10H2,(H,32,35)(H2,31,33,36). The molecule has 3 amide bonds. The van der Waals surface area contributed by atoms with Gasteiger partial charge in [0.05, 0.1) is 11.3 Å². The Morgan fingerprint density at radius 1 is 1.00 bits per heavy atom. The highest BCUT2D eigenvalue weighted by atomic mass is 79.9. The number of carbonyl (C=O) groups is 3. The van der Waals surface area contributed by atoms with Crippen LogP contribution in [-0.4, -0.2) is 34.6 Å². The summed E-state index contributed by atoms with van der Waals surface area (Å²) >= 11 is 2.87. The van der Waals surface area contributed by atoms with Crippen molar-refractivity contribution in [2.24, 2.45) is 4.99 Å². The average Bonchev–Trinajstić information content (AvgIpc) is 2.98. The summed E-state index contributed by atoms with van der Waals surface area (Å²) in [5.74, 6) is -1.35. The number of hydrogen-bond acceptors (Lipinski definition) is 5. The Morgan fingerprint density at radius 2 is 1.69 bits per heavy atom. The summed E-state index contributed by atoms with van der Waals surface area (Å²) in [4.78, 5) is 45.6. The minimum atomic E-state index is -4.63. The van der Waals surface area contributed by atoms with Gasteiger partial charge >= 0.3 is 12.2 Å². The van der Waals surface area contributed by atoms with Crippen LogP contribution in [-0.2, 0) is 17.4 Å². The van der Waals surface area contributed by atoms with Gasteiger partial charge in [-0.3, -0.25) is 20.0 Å². The van der Waals surface area contributed by atoms with Gasteiger partial charge in [-0.15, -0.1) is 0 Å². The molecule has 1 aliphatic rings. The molecule has 0 fully saturated rings. The molecule has 0 saturated carbocycles. The number of benzene rings is 2. The monoisotopic (exact) mass is 559 g/mol. The lowest BCUT2D eigenvalue weighted by Gasteiger charge is -2.15. The summed E-state index contributed by atoms with van der Waals surface area (Å²) in [5.41, 5.74) is 5.46. The third-order valence-corrected chi connectivity index (χ3v) is 5.79. The number of hydrogen-bond donors (Lipinski definition) is 3. The van der Waals surface area contributed by atoms with Gasteiger partial charge < -0.3 is 5.32 Å². The van der Waals surface area contributed by atoms with Crippen molar-refractivity contribution < 1.29 is 27.6 Å². The highest BCUT2D eigenvalue weighted by Gasteiger charge is 2.32. The van der Waals surface area contributed by atoms with Crippen LogP contribution in [0.25, 0.3) is 0 Å². The van der Waals surface area contributed by atoms with Crippen LogP contribution in [0.5, 0.6) is 0 Å². The molecule has 8 nitrogen and oxygen atoms in total. The molecule has 0 radical (unpaired) electrons. The number of aromatic nitrogens is 1. The molecule has 0 saturated heterocycles. The largest absolute Gasteiger partial charge is 0.417 e. The predicted molar refractivity (Wildman–Crippen MR) is 127 cm³/mol. The molecule has 4 rings (SSSR count). The van der Waals surface area contributed by atoms with Crippen molar-refractivity contribution >= 4 is 39.4 Å². The zero-order valence-corrected chi connectivity index (χ0v) is 19.9. The van der Waals surface area contributed by atoms with Crippen molar-refractivity contribution in [3.05, 3.63) is 99.3 Å². The van der Waals surface area contributed by atoms with Crippen molar-refractivity contribution in [1.82, 2.24) is 21.2 Å². The van der Waals surface area contributed by atoms with Gasteiger partial charge in [0, 0.05) is 28.2 Å². The maximum Gasteiger partial charge on any atom is 0.417 e. The first-order valence-electron chi connectivity index (χ1n) is 10.5. The van der Waals surface area contributed by atoms with Crippen molar-refractivity contribution in [3.8, 4) is 0 Å². The van der Waals surface area contributed by atoms with E-state index in [0.29, 0.717) is 18.0 Å². The number of fused-ring (bicyclic) bond motifs is 1. The summed E-state index contributed by atoms with van der Waals surface area (Å²) in [6.07, 6.45) is -5.36. The number of carbonyl (C=O) groups excluding carboxylic acids is 3. The minimum Gasteiger partial charge on any atom is -0.308 e. The number of amides is 3. The second-order valence-electron chi connectivity index (χ2n) is 7.65. The SMILES string of the molecule is O=C(NNC(=O)c1ncc(C(F)(F)F)cc1Br)NC1N=C(c2ccccc2)c2ccccc2CC1=O. The van der Waals surface area contributed by atoms with Crippen molar-refractivity contribution in [2.45, 2.75) is 18.8 Å². The van der Waals surface area contributed by atoms with Gasteiger partial charge in [0.25, 0.3) is 5.91 Å². The number of rotatable bonds is 3. The van der Waals surface area contributed by atoms with E-state index < -0.39 is 29.8 Å². The molecule has 12 heteroatoms. The van der Waals surface area contributed by atoms with Gasteiger partial charge in [0.1, 0.15) is 5.69 Å². The van der Waals surface area contributed by atoms with E-state index in [0.717, 1.165) is 16.7 Å². The summed E-state index contributed by atoms with van der Waals surface area (Å²) in [6, 6.07) is 16.2. The quantitative estimate of drug-likeness (QED) is 0.424. The third kappa shape index (κ3) is 5.60. The number of urea groups is 1. The molecule has 3 N–H and O–H groups in total. The van der Waals surface area contributed by atoms with E-state index in [1.165, 1.54) is 0 Å². The van der Waals surface area contributed by atoms with Crippen LogP contribution >= 0.6 is 15.9 Å². The molecule has 1 unspecified atom stereocenters. The number of pyridine rings is 1. The van der Waals surface area contributed by atoms with Crippen molar-refractivity contribution in [1.29, 1.82) is 0 Å². The molecular weight excluding hydrogens is 543 g/mol. The number of aliphatic imine (C=N–C) groups is 1. The molecule has 0 bridgehead atoms. The van der Waals surface area contributed by atoms with Crippen LogP contribution in [0, 0.1) is 0 Å². The fraction of sp³-hybridized carbons (Fsp3) is 0.125. The molecule has 1 aromatic heterocycles. The molecular formula is C24H17BrF3N5O3. The van der Waals surface area contributed by atoms with Crippen LogP contribution in [0.4, 0.5) is 18.0 Å². The Bertz CT molecular complexity index is 1360. The molecule has 1 aliphatic heterocycles. The van der Waals surface area contributed by atoms with Crippen LogP contribution in [0.3, 0.4) is 0 Å². The Balaban J connectivity index is 1.48. The first kappa shape index (κ1) is 25.0. The number of alkyl halides is 3. The van der Waals surface area contributed by atoms with Gasteiger partial charge in [0.2, 0.25) is 0 Å². The molecule has 2 aromatic carbocycles. The van der Waals surface area contributed by atoms with E-state index in [-0.39, 0.29) is 22.4 Å².